The molecule has 0 aliphatic carbocycles. The van der Waals surface area contributed by atoms with E-state index in [1.165, 1.54) is 0 Å². The number of rotatable bonds is 6. The lowest BCUT2D eigenvalue weighted by Crippen LogP contribution is -2.23. The summed E-state index contributed by atoms with van der Waals surface area (Å²) in [4.78, 5) is 14.8. The van der Waals surface area contributed by atoms with Gasteiger partial charge in [0.25, 0.3) is 0 Å². The minimum Gasteiger partial charge on any atom is -0.479 e. The molecule has 0 aliphatic rings. The Hall–Kier alpha value is -1.42. The fourth-order valence-corrected chi connectivity index (χ4v) is 1.21. The second-order valence-electron chi connectivity index (χ2n) is 3.25. The van der Waals surface area contributed by atoms with E-state index in [-0.39, 0.29) is 6.61 Å². The Labute approximate surface area is 88.9 Å². The summed E-state index contributed by atoms with van der Waals surface area (Å²) in [7, 11) is 0. The molecule has 82 valence electrons. The first-order chi connectivity index (χ1) is 7.24. The number of carboxylic acids is 1. The summed E-state index contributed by atoms with van der Waals surface area (Å²) < 4.78 is 5.27. The molecule has 0 bridgehead atoms. The lowest BCUT2D eigenvalue weighted by Gasteiger charge is -2.11. The number of hydrogen-bond donors (Lipinski definition) is 1. The van der Waals surface area contributed by atoms with Gasteiger partial charge < -0.3 is 9.84 Å². The first kappa shape index (κ1) is 11.7. The molecule has 1 heterocycles. The molecule has 1 N–H and O–H groups in total. The zero-order chi connectivity index (χ0) is 11.1. The molecule has 1 aromatic heterocycles. The van der Waals surface area contributed by atoms with Crippen LogP contribution in [-0.2, 0) is 16.1 Å². The average molecular weight is 209 g/mol. The summed E-state index contributed by atoms with van der Waals surface area (Å²) in [6.45, 7) is 2.18. The lowest BCUT2D eigenvalue weighted by atomic mass is 10.2. The van der Waals surface area contributed by atoms with Crippen LogP contribution in [0.5, 0.6) is 0 Å². The highest BCUT2D eigenvalue weighted by atomic mass is 16.5. The van der Waals surface area contributed by atoms with Gasteiger partial charge in [0.05, 0.1) is 12.3 Å². The summed E-state index contributed by atoms with van der Waals surface area (Å²) in [5.41, 5.74) is 0.750. The van der Waals surface area contributed by atoms with Crippen molar-refractivity contribution in [2.24, 2.45) is 0 Å². The van der Waals surface area contributed by atoms with Gasteiger partial charge in [-0.05, 0) is 18.6 Å². The minimum atomic E-state index is -0.909. The number of hydrogen-bond acceptors (Lipinski definition) is 3. The van der Waals surface area contributed by atoms with E-state index < -0.39 is 12.1 Å². The number of nitrogens with zero attached hydrogens (tertiary/aromatic N) is 1. The first-order valence-electron chi connectivity index (χ1n) is 4.98. The van der Waals surface area contributed by atoms with Gasteiger partial charge in [-0.1, -0.05) is 19.4 Å². The maximum atomic E-state index is 10.8. The molecular weight excluding hydrogens is 194 g/mol. The summed E-state index contributed by atoms with van der Waals surface area (Å²) in [5.74, 6) is -0.909. The average Bonchev–Trinajstić information content (AvgIpc) is 2.25. The van der Waals surface area contributed by atoms with Crippen LogP contribution in [0.15, 0.2) is 24.4 Å². The van der Waals surface area contributed by atoms with E-state index in [9.17, 15) is 4.79 Å². The molecule has 4 nitrogen and oxygen atoms in total. The van der Waals surface area contributed by atoms with Gasteiger partial charge >= 0.3 is 5.97 Å². The monoisotopic (exact) mass is 209 g/mol. The maximum Gasteiger partial charge on any atom is 0.332 e. The maximum absolute atomic E-state index is 10.8. The zero-order valence-corrected chi connectivity index (χ0v) is 8.72. The highest BCUT2D eigenvalue weighted by molar-refractivity contribution is 5.72. The standard InChI is InChI=1S/C11H15NO3/c1-2-5-10(11(13)14)15-8-9-6-3-4-7-12-9/h3-4,6-7,10H,2,5,8H2,1H3,(H,13,14). The highest BCUT2D eigenvalue weighted by Crippen LogP contribution is 2.06. The number of carbonyl (C=O) groups is 1. The Kier molecular flexibility index (Phi) is 4.77. The number of carboxylic acid groups (broad SMARTS) is 1. The molecule has 1 aromatic rings. The van der Waals surface area contributed by atoms with Crippen LogP contribution in [0.25, 0.3) is 0 Å². The third-order valence-corrected chi connectivity index (χ3v) is 1.98. The van der Waals surface area contributed by atoms with Crippen molar-refractivity contribution in [1.29, 1.82) is 0 Å². The van der Waals surface area contributed by atoms with Gasteiger partial charge in [0, 0.05) is 6.20 Å². The van der Waals surface area contributed by atoms with Gasteiger partial charge in [0.15, 0.2) is 6.10 Å². The topological polar surface area (TPSA) is 59.4 Å². The van der Waals surface area contributed by atoms with Gasteiger partial charge in [-0.3, -0.25) is 4.98 Å². The molecule has 15 heavy (non-hydrogen) atoms. The molecule has 0 saturated carbocycles. The third kappa shape index (κ3) is 4.08. The molecule has 1 unspecified atom stereocenters. The molecule has 1 rings (SSSR count). The van der Waals surface area contributed by atoms with Crippen LogP contribution < -0.4 is 0 Å². The molecule has 1 atom stereocenters. The van der Waals surface area contributed by atoms with Crippen molar-refractivity contribution in [2.45, 2.75) is 32.5 Å². The predicted molar refractivity (Wildman–Crippen MR) is 55.4 cm³/mol. The first-order valence-corrected chi connectivity index (χ1v) is 4.98. The van der Waals surface area contributed by atoms with Gasteiger partial charge in [0.2, 0.25) is 0 Å². The molecule has 4 heteroatoms. The fourth-order valence-electron chi connectivity index (χ4n) is 1.21. The van der Waals surface area contributed by atoms with E-state index in [0.717, 1.165) is 12.1 Å². The molecular formula is C11H15NO3. The second kappa shape index (κ2) is 6.14. The van der Waals surface area contributed by atoms with Crippen molar-refractivity contribution in [3.63, 3.8) is 0 Å². The number of pyridine rings is 1. The van der Waals surface area contributed by atoms with E-state index in [4.69, 9.17) is 9.84 Å². The van der Waals surface area contributed by atoms with Crippen LogP contribution in [-0.4, -0.2) is 22.2 Å². The Morgan fingerprint density at radius 2 is 2.40 bits per heavy atom. The summed E-state index contributed by atoms with van der Waals surface area (Å²) in [6.07, 6.45) is 2.26. The van der Waals surface area contributed by atoms with Gasteiger partial charge in [-0.2, -0.15) is 0 Å². The van der Waals surface area contributed by atoms with Crippen molar-refractivity contribution >= 4 is 5.97 Å². The van der Waals surface area contributed by atoms with Gasteiger partial charge in [-0.15, -0.1) is 0 Å². The molecule has 0 spiro atoms. The Morgan fingerprint density at radius 1 is 1.60 bits per heavy atom. The van der Waals surface area contributed by atoms with E-state index in [2.05, 4.69) is 4.98 Å². The Bertz CT molecular complexity index is 300. The Morgan fingerprint density at radius 3 is 2.93 bits per heavy atom. The van der Waals surface area contributed by atoms with E-state index in [1.807, 2.05) is 25.1 Å². The molecule has 0 amide bonds. The predicted octanol–water partition coefficient (Wildman–Crippen LogP) is 1.85. The van der Waals surface area contributed by atoms with Crippen LogP contribution in [0.1, 0.15) is 25.5 Å². The van der Waals surface area contributed by atoms with E-state index >= 15 is 0 Å². The third-order valence-electron chi connectivity index (χ3n) is 1.98. The van der Waals surface area contributed by atoms with Crippen molar-refractivity contribution in [3.8, 4) is 0 Å². The summed E-state index contributed by atoms with van der Waals surface area (Å²) >= 11 is 0. The second-order valence-corrected chi connectivity index (χ2v) is 3.25. The number of ether oxygens (including phenoxy) is 1. The van der Waals surface area contributed by atoms with Crippen molar-refractivity contribution < 1.29 is 14.6 Å². The van der Waals surface area contributed by atoms with Crippen LogP contribution in [0.4, 0.5) is 0 Å². The molecule has 0 fully saturated rings. The minimum absolute atomic E-state index is 0.248. The number of aromatic nitrogens is 1. The molecule has 0 saturated heterocycles. The van der Waals surface area contributed by atoms with Crippen molar-refractivity contribution in [2.75, 3.05) is 0 Å². The largest absolute Gasteiger partial charge is 0.479 e. The highest BCUT2D eigenvalue weighted by Gasteiger charge is 2.16. The van der Waals surface area contributed by atoms with Gasteiger partial charge in [-0.25, -0.2) is 4.79 Å². The summed E-state index contributed by atoms with van der Waals surface area (Å²) in [5, 5.41) is 8.84. The molecule has 0 radical (unpaired) electrons. The zero-order valence-electron chi connectivity index (χ0n) is 8.72. The quantitative estimate of drug-likeness (QED) is 0.776. The fraction of sp³-hybridized carbons (Fsp3) is 0.455. The smallest absolute Gasteiger partial charge is 0.332 e. The van der Waals surface area contributed by atoms with Crippen LogP contribution in [0.2, 0.25) is 0 Å². The Balaban J connectivity index is 2.43. The van der Waals surface area contributed by atoms with Crippen molar-refractivity contribution in [1.82, 2.24) is 4.98 Å². The van der Waals surface area contributed by atoms with Crippen LogP contribution >= 0.6 is 0 Å². The molecule has 0 aliphatic heterocycles. The molecule has 0 aromatic carbocycles. The van der Waals surface area contributed by atoms with E-state index in [0.29, 0.717) is 6.42 Å². The van der Waals surface area contributed by atoms with Crippen LogP contribution in [0.3, 0.4) is 0 Å². The van der Waals surface area contributed by atoms with Crippen molar-refractivity contribution in [3.05, 3.63) is 30.1 Å². The normalized spacial score (nSPS) is 12.3. The van der Waals surface area contributed by atoms with Crippen LogP contribution in [0, 0.1) is 0 Å². The summed E-state index contributed by atoms with van der Waals surface area (Å²) in [6, 6.07) is 5.47. The SMILES string of the molecule is CCCC(OCc1ccccn1)C(=O)O. The van der Waals surface area contributed by atoms with Gasteiger partial charge in [0.1, 0.15) is 0 Å². The number of aliphatic carboxylic acids is 1. The van der Waals surface area contributed by atoms with E-state index in [1.54, 1.807) is 6.20 Å². The lowest BCUT2D eigenvalue weighted by molar-refractivity contribution is -0.151.